The number of alkyl halides is 3. The molecule has 1 aliphatic heterocycles. The summed E-state index contributed by atoms with van der Waals surface area (Å²) < 4.78 is 52.1. The summed E-state index contributed by atoms with van der Waals surface area (Å²) in [7, 11) is 0. The SMILES string of the molecule is CCCc1cc2c(C(F)(F)F)cc(=O)oc2c(CCC)c1OC/C=C/CN1C(=O)CCC1=O. The first-order valence-corrected chi connectivity index (χ1v) is 11.0. The molecule has 0 bridgehead atoms. The third-order valence-electron chi connectivity index (χ3n) is 5.42. The van der Waals surface area contributed by atoms with E-state index in [9.17, 15) is 27.6 Å². The van der Waals surface area contributed by atoms with Crippen molar-refractivity contribution >= 4 is 22.8 Å². The number of carbonyl (C=O) groups excluding carboxylic acids is 2. The Bertz CT molecular complexity index is 1120. The molecule has 1 saturated heterocycles. The van der Waals surface area contributed by atoms with Gasteiger partial charge in [0, 0.05) is 36.4 Å². The van der Waals surface area contributed by atoms with Gasteiger partial charge in [0.15, 0.2) is 0 Å². The number of hydrogen-bond acceptors (Lipinski definition) is 5. The van der Waals surface area contributed by atoms with Crippen LogP contribution in [0.4, 0.5) is 13.2 Å². The highest BCUT2D eigenvalue weighted by Gasteiger charge is 2.35. The molecular weight excluding hydrogens is 439 g/mol. The van der Waals surface area contributed by atoms with Gasteiger partial charge in [-0.15, -0.1) is 0 Å². The Morgan fingerprint density at radius 1 is 1.03 bits per heavy atom. The number of amides is 2. The van der Waals surface area contributed by atoms with Crippen molar-refractivity contribution in [2.75, 3.05) is 13.2 Å². The molecular formula is C24H26F3NO5. The normalized spacial score (nSPS) is 14.8. The molecule has 0 N–H and O–H groups in total. The highest BCUT2D eigenvalue weighted by molar-refractivity contribution is 6.02. The van der Waals surface area contributed by atoms with E-state index in [2.05, 4.69) is 0 Å². The highest BCUT2D eigenvalue weighted by Crippen LogP contribution is 2.40. The van der Waals surface area contributed by atoms with Crippen molar-refractivity contribution in [3.05, 3.63) is 51.4 Å². The van der Waals surface area contributed by atoms with Crippen LogP contribution in [-0.4, -0.2) is 29.9 Å². The van der Waals surface area contributed by atoms with Gasteiger partial charge in [0.05, 0.1) is 5.56 Å². The van der Waals surface area contributed by atoms with Crippen molar-refractivity contribution in [2.24, 2.45) is 0 Å². The Labute approximate surface area is 189 Å². The molecule has 0 unspecified atom stereocenters. The standard InChI is InChI=1S/C24H26F3NO5/c1-3-7-15-13-17-18(24(25,26)27)14-21(31)33-23(17)16(8-4-2)22(15)32-12-6-5-11-28-19(29)9-10-20(28)30/h5-6,13-14H,3-4,7-12H2,1-2H3/b6-5+. The predicted octanol–water partition coefficient (Wildman–Crippen LogP) is 4.80. The minimum Gasteiger partial charge on any atom is -0.489 e. The number of aryl methyl sites for hydroxylation is 2. The lowest BCUT2D eigenvalue weighted by Crippen LogP contribution is -2.29. The van der Waals surface area contributed by atoms with Crippen molar-refractivity contribution in [2.45, 2.75) is 58.5 Å². The zero-order chi connectivity index (χ0) is 24.2. The Hall–Kier alpha value is -3.10. The van der Waals surface area contributed by atoms with Crippen LogP contribution in [0.3, 0.4) is 0 Å². The van der Waals surface area contributed by atoms with Crippen molar-refractivity contribution in [3.63, 3.8) is 0 Å². The molecule has 0 aliphatic carbocycles. The van der Waals surface area contributed by atoms with Gasteiger partial charge in [-0.25, -0.2) is 4.79 Å². The number of likely N-dealkylation sites (tertiary alicyclic amines) is 1. The van der Waals surface area contributed by atoms with E-state index in [1.54, 1.807) is 12.2 Å². The summed E-state index contributed by atoms with van der Waals surface area (Å²) in [6.07, 6.45) is 1.17. The molecule has 0 atom stereocenters. The van der Waals surface area contributed by atoms with Gasteiger partial charge in [0.2, 0.25) is 11.8 Å². The van der Waals surface area contributed by atoms with Gasteiger partial charge < -0.3 is 9.15 Å². The van der Waals surface area contributed by atoms with E-state index in [-0.39, 0.29) is 48.8 Å². The topological polar surface area (TPSA) is 76.8 Å². The smallest absolute Gasteiger partial charge is 0.417 e. The molecule has 33 heavy (non-hydrogen) atoms. The molecule has 6 nitrogen and oxygen atoms in total. The van der Waals surface area contributed by atoms with E-state index in [0.717, 1.165) is 0 Å². The molecule has 0 spiro atoms. The lowest BCUT2D eigenvalue weighted by molar-refractivity contribution is -0.138. The molecule has 0 saturated carbocycles. The average molecular weight is 465 g/mol. The number of benzene rings is 1. The molecule has 1 aromatic heterocycles. The van der Waals surface area contributed by atoms with Crippen molar-refractivity contribution in [3.8, 4) is 5.75 Å². The van der Waals surface area contributed by atoms with Gasteiger partial charge in [-0.2, -0.15) is 13.2 Å². The molecule has 178 valence electrons. The molecule has 9 heteroatoms. The Balaban J connectivity index is 1.97. The van der Waals surface area contributed by atoms with E-state index in [4.69, 9.17) is 9.15 Å². The number of carbonyl (C=O) groups is 2. The van der Waals surface area contributed by atoms with Crippen LogP contribution in [-0.2, 0) is 28.6 Å². The van der Waals surface area contributed by atoms with Gasteiger partial charge in [0.25, 0.3) is 0 Å². The monoisotopic (exact) mass is 465 g/mol. The summed E-state index contributed by atoms with van der Waals surface area (Å²) in [5.41, 5.74) is -1.16. The second-order valence-electron chi connectivity index (χ2n) is 7.88. The minimum absolute atomic E-state index is 0.0817. The van der Waals surface area contributed by atoms with Crippen LogP contribution in [0.15, 0.2) is 33.5 Å². The molecule has 2 amide bonds. The number of rotatable bonds is 9. The molecule has 2 heterocycles. The van der Waals surface area contributed by atoms with Gasteiger partial charge in [-0.05, 0) is 30.5 Å². The Morgan fingerprint density at radius 3 is 2.30 bits per heavy atom. The van der Waals surface area contributed by atoms with Gasteiger partial charge in [0.1, 0.15) is 17.9 Å². The van der Waals surface area contributed by atoms with Crippen LogP contribution in [0.1, 0.15) is 56.2 Å². The molecule has 0 radical (unpaired) electrons. The van der Waals surface area contributed by atoms with Gasteiger partial charge in [-0.3, -0.25) is 14.5 Å². The van der Waals surface area contributed by atoms with Crippen molar-refractivity contribution < 1.29 is 31.9 Å². The first-order valence-electron chi connectivity index (χ1n) is 11.0. The predicted molar refractivity (Wildman–Crippen MR) is 116 cm³/mol. The fourth-order valence-electron chi connectivity index (χ4n) is 3.96. The quantitative estimate of drug-likeness (QED) is 0.302. The van der Waals surface area contributed by atoms with Gasteiger partial charge in [-0.1, -0.05) is 32.8 Å². The van der Waals surface area contributed by atoms with Crippen LogP contribution < -0.4 is 10.4 Å². The first kappa shape index (κ1) is 24.5. The lowest BCUT2D eigenvalue weighted by atomic mass is 9.96. The molecule has 2 aromatic rings. The van der Waals surface area contributed by atoms with Crippen molar-refractivity contribution in [1.29, 1.82) is 0 Å². The fourth-order valence-corrected chi connectivity index (χ4v) is 3.96. The van der Waals surface area contributed by atoms with E-state index >= 15 is 0 Å². The second kappa shape index (κ2) is 10.2. The maximum Gasteiger partial charge on any atom is 0.417 e. The number of fused-ring (bicyclic) bond motifs is 1. The third-order valence-corrected chi connectivity index (χ3v) is 5.42. The Kier molecular flexibility index (Phi) is 7.61. The number of halogens is 3. The maximum absolute atomic E-state index is 13.6. The van der Waals surface area contributed by atoms with E-state index in [1.165, 1.54) is 11.0 Å². The highest BCUT2D eigenvalue weighted by atomic mass is 19.4. The summed E-state index contributed by atoms with van der Waals surface area (Å²) in [5, 5.41) is -0.150. The number of ether oxygens (including phenoxy) is 1. The van der Waals surface area contributed by atoms with Crippen LogP contribution in [0.5, 0.6) is 5.75 Å². The number of nitrogens with zero attached hydrogens (tertiary/aromatic N) is 1. The van der Waals surface area contributed by atoms with Crippen LogP contribution in [0, 0.1) is 0 Å². The summed E-state index contributed by atoms with van der Waals surface area (Å²) in [5.74, 6) is -0.0243. The molecule has 1 fully saturated rings. The zero-order valence-corrected chi connectivity index (χ0v) is 18.6. The summed E-state index contributed by atoms with van der Waals surface area (Å²) in [6, 6.07) is 1.88. The first-order chi connectivity index (χ1) is 15.7. The van der Waals surface area contributed by atoms with E-state index in [1.807, 2.05) is 13.8 Å². The largest absolute Gasteiger partial charge is 0.489 e. The molecule has 1 aliphatic rings. The van der Waals surface area contributed by atoms with Gasteiger partial charge >= 0.3 is 11.8 Å². The van der Waals surface area contributed by atoms with Crippen LogP contribution in [0.2, 0.25) is 0 Å². The minimum atomic E-state index is -4.70. The zero-order valence-electron chi connectivity index (χ0n) is 18.6. The number of imide groups is 1. The Morgan fingerprint density at radius 2 is 1.70 bits per heavy atom. The maximum atomic E-state index is 13.6. The molecule has 3 rings (SSSR count). The summed E-state index contributed by atoms with van der Waals surface area (Å²) in [4.78, 5) is 36.5. The second-order valence-corrected chi connectivity index (χ2v) is 7.88. The van der Waals surface area contributed by atoms with Crippen molar-refractivity contribution in [1.82, 2.24) is 4.90 Å². The third kappa shape index (κ3) is 5.46. The van der Waals surface area contributed by atoms with Crippen LogP contribution >= 0.6 is 0 Å². The molecule has 1 aromatic carbocycles. The fraction of sp³-hybridized carbons (Fsp3) is 0.458. The summed E-state index contributed by atoms with van der Waals surface area (Å²) in [6.45, 7) is 4.01. The summed E-state index contributed by atoms with van der Waals surface area (Å²) >= 11 is 0. The van der Waals surface area contributed by atoms with E-state index in [0.29, 0.717) is 48.6 Å². The number of hydrogen-bond donors (Lipinski definition) is 0. The van der Waals surface area contributed by atoms with Crippen LogP contribution in [0.25, 0.3) is 11.0 Å². The van der Waals surface area contributed by atoms with E-state index < -0.39 is 17.4 Å². The average Bonchev–Trinajstić information content (AvgIpc) is 3.06. The lowest BCUT2D eigenvalue weighted by Gasteiger charge is -2.19.